The van der Waals surface area contributed by atoms with Crippen LogP contribution in [0.25, 0.3) is 0 Å². The Hall–Kier alpha value is -0.820. The molecule has 1 aliphatic carbocycles. The van der Waals surface area contributed by atoms with Crippen LogP contribution < -0.4 is 10.6 Å². The molecule has 1 rings (SSSR count). The maximum atomic E-state index is 12.0. The summed E-state index contributed by atoms with van der Waals surface area (Å²) in [6.07, 6.45) is 3.53. The third-order valence-corrected chi connectivity index (χ3v) is 6.24. The van der Waals surface area contributed by atoms with Crippen LogP contribution in [0, 0.1) is 5.92 Å². The summed E-state index contributed by atoms with van der Waals surface area (Å²) in [5, 5.41) is 6.20. The molecule has 1 fully saturated rings. The van der Waals surface area contributed by atoms with Gasteiger partial charge in [0.2, 0.25) is 0 Å². The fourth-order valence-electron chi connectivity index (χ4n) is 1.75. The molecule has 0 saturated heterocycles. The smallest absolute Gasteiger partial charge is 0.191 e. The van der Waals surface area contributed by atoms with Crippen LogP contribution in [-0.2, 0) is 14.6 Å². The van der Waals surface area contributed by atoms with Gasteiger partial charge in [-0.1, -0.05) is 0 Å². The van der Waals surface area contributed by atoms with E-state index in [0.29, 0.717) is 12.5 Å². The van der Waals surface area contributed by atoms with Crippen molar-refractivity contribution in [3.63, 3.8) is 0 Å². The Balaban J connectivity index is 2.11. The molecule has 7 heteroatoms. The van der Waals surface area contributed by atoms with Crippen molar-refractivity contribution in [2.24, 2.45) is 10.9 Å². The molecule has 6 nitrogen and oxygen atoms in total. The lowest BCUT2D eigenvalue weighted by atomic mass is 10.3. The van der Waals surface area contributed by atoms with Gasteiger partial charge in [-0.2, -0.15) is 0 Å². The molecular formula is C15H31N3O3S. The zero-order valence-electron chi connectivity index (χ0n) is 14.3. The summed E-state index contributed by atoms with van der Waals surface area (Å²) < 4.78 is 28.8. The topological polar surface area (TPSA) is 79.8 Å². The van der Waals surface area contributed by atoms with E-state index < -0.39 is 14.6 Å². The highest BCUT2D eigenvalue weighted by Gasteiger charge is 2.28. The summed E-state index contributed by atoms with van der Waals surface area (Å²) in [7, 11) is -1.42. The van der Waals surface area contributed by atoms with Crippen LogP contribution in [0.2, 0.25) is 0 Å². The maximum absolute atomic E-state index is 12.0. The molecule has 130 valence electrons. The lowest BCUT2D eigenvalue weighted by Crippen LogP contribution is -2.42. The quantitative estimate of drug-likeness (QED) is 0.376. The van der Waals surface area contributed by atoms with E-state index in [4.69, 9.17) is 4.74 Å². The van der Waals surface area contributed by atoms with Crippen molar-refractivity contribution < 1.29 is 13.2 Å². The van der Waals surface area contributed by atoms with E-state index in [2.05, 4.69) is 15.6 Å². The second kappa shape index (κ2) is 8.72. The fourth-order valence-corrected chi connectivity index (χ4v) is 2.73. The Bertz CT molecular complexity index is 451. The van der Waals surface area contributed by atoms with Crippen molar-refractivity contribution in [3.05, 3.63) is 0 Å². The van der Waals surface area contributed by atoms with E-state index in [-0.39, 0.29) is 5.75 Å². The van der Waals surface area contributed by atoms with Gasteiger partial charge < -0.3 is 15.4 Å². The summed E-state index contributed by atoms with van der Waals surface area (Å²) in [5.74, 6) is 1.53. The van der Waals surface area contributed by atoms with Gasteiger partial charge in [-0.25, -0.2) is 8.42 Å². The van der Waals surface area contributed by atoms with Crippen LogP contribution in [0.3, 0.4) is 0 Å². The molecule has 2 N–H and O–H groups in total. The monoisotopic (exact) mass is 333 g/mol. The van der Waals surface area contributed by atoms with Crippen LogP contribution in [0.4, 0.5) is 0 Å². The summed E-state index contributed by atoms with van der Waals surface area (Å²) >= 11 is 0. The van der Waals surface area contributed by atoms with Gasteiger partial charge in [-0.15, -0.1) is 0 Å². The number of hydrogen-bond donors (Lipinski definition) is 2. The van der Waals surface area contributed by atoms with Gasteiger partial charge in [-0.05, 0) is 46.0 Å². The van der Waals surface area contributed by atoms with Gasteiger partial charge in [0.05, 0.1) is 10.5 Å². The van der Waals surface area contributed by atoms with Crippen LogP contribution in [-0.4, -0.2) is 58.2 Å². The first-order valence-electron chi connectivity index (χ1n) is 8.01. The Morgan fingerprint density at radius 3 is 2.41 bits per heavy atom. The largest absolute Gasteiger partial charge is 0.381 e. The lowest BCUT2D eigenvalue weighted by Gasteiger charge is -2.19. The predicted octanol–water partition coefficient (Wildman–Crippen LogP) is 1.18. The van der Waals surface area contributed by atoms with Crippen LogP contribution in [0.5, 0.6) is 0 Å². The Kier molecular flexibility index (Phi) is 7.62. The molecule has 22 heavy (non-hydrogen) atoms. The Morgan fingerprint density at radius 2 is 1.86 bits per heavy atom. The lowest BCUT2D eigenvalue weighted by molar-refractivity contribution is 0.123. The van der Waals surface area contributed by atoms with Crippen molar-refractivity contribution in [2.75, 3.05) is 39.1 Å². The van der Waals surface area contributed by atoms with E-state index in [1.54, 1.807) is 27.8 Å². The first-order chi connectivity index (χ1) is 10.3. The minimum atomic E-state index is -3.10. The van der Waals surface area contributed by atoms with E-state index in [1.165, 1.54) is 12.8 Å². The van der Waals surface area contributed by atoms with Gasteiger partial charge in [0, 0.05) is 33.4 Å². The Labute approximate surface area is 135 Å². The van der Waals surface area contributed by atoms with E-state index >= 15 is 0 Å². The SMILES string of the molecule is CN=C(NCCCOCC1CC1)NCCS(=O)(=O)C(C)(C)C. The van der Waals surface area contributed by atoms with Gasteiger partial charge in [-0.3, -0.25) is 4.99 Å². The van der Waals surface area contributed by atoms with Crippen molar-refractivity contribution in [2.45, 2.75) is 44.8 Å². The first-order valence-corrected chi connectivity index (χ1v) is 9.66. The molecular weight excluding hydrogens is 302 g/mol. The van der Waals surface area contributed by atoms with Gasteiger partial charge in [0.15, 0.2) is 15.8 Å². The summed E-state index contributed by atoms with van der Waals surface area (Å²) in [5.41, 5.74) is 0. The van der Waals surface area contributed by atoms with E-state index in [1.807, 2.05) is 0 Å². The average molecular weight is 333 g/mol. The molecule has 0 heterocycles. The third kappa shape index (κ3) is 7.45. The summed E-state index contributed by atoms with van der Waals surface area (Å²) in [4.78, 5) is 4.08. The van der Waals surface area contributed by atoms with Crippen molar-refractivity contribution >= 4 is 15.8 Å². The standard InChI is InChI=1S/C15H31N3O3S/c1-15(2,3)22(19,20)11-9-18-14(16-4)17-8-5-10-21-12-13-6-7-13/h13H,5-12H2,1-4H3,(H2,16,17,18). The number of nitrogens with one attached hydrogen (secondary N) is 2. The number of hydrogen-bond acceptors (Lipinski definition) is 4. The molecule has 0 aromatic heterocycles. The zero-order valence-corrected chi connectivity index (χ0v) is 15.1. The van der Waals surface area contributed by atoms with Gasteiger partial charge >= 0.3 is 0 Å². The first kappa shape index (κ1) is 19.2. The van der Waals surface area contributed by atoms with Gasteiger partial charge in [0.1, 0.15) is 0 Å². The molecule has 0 aromatic carbocycles. The minimum Gasteiger partial charge on any atom is -0.381 e. The van der Waals surface area contributed by atoms with Crippen LogP contribution >= 0.6 is 0 Å². The molecule has 0 spiro atoms. The number of guanidine groups is 1. The minimum absolute atomic E-state index is 0.0989. The van der Waals surface area contributed by atoms with Crippen LogP contribution in [0.1, 0.15) is 40.0 Å². The molecule has 1 aliphatic rings. The molecule has 0 aromatic rings. The second-order valence-electron chi connectivity index (χ2n) is 6.73. The summed E-state index contributed by atoms with van der Waals surface area (Å²) in [6, 6.07) is 0. The normalized spacial score (nSPS) is 16.6. The number of ether oxygens (including phenoxy) is 1. The maximum Gasteiger partial charge on any atom is 0.191 e. The highest BCUT2D eigenvalue weighted by atomic mass is 32.2. The predicted molar refractivity (Wildman–Crippen MR) is 91.1 cm³/mol. The fraction of sp³-hybridized carbons (Fsp3) is 0.933. The number of nitrogens with zero attached hydrogens (tertiary/aromatic N) is 1. The summed E-state index contributed by atoms with van der Waals surface area (Å²) in [6.45, 7) is 7.91. The van der Waals surface area contributed by atoms with Crippen molar-refractivity contribution in [1.29, 1.82) is 0 Å². The zero-order chi connectivity index (χ0) is 16.6. The van der Waals surface area contributed by atoms with Crippen molar-refractivity contribution in [1.82, 2.24) is 10.6 Å². The van der Waals surface area contributed by atoms with Crippen LogP contribution in [0.15, 0.2) is 4.99 Å². The molecule has 0 amide bonds. The number of sulfone groups is 1. The number of aliphatic imine (C=N–C) groups is 1. The van der Waals surface area contributed by atoms with Gasteiger partial charge in [0.25, 0.3) is 0 Å². The van der Waals surface area contributed by atoms with Crippen molar-refractivity contribution in [3.8, 4) is 0 Å². The third-order valence-electron chi connectivity index (χ3n) is 3.63. The molecule has 0 radical (unpaired) electrons. The Morgan fingerprint density at radius 1 is 1.23 bits per heavy atom. The molecule has 0 bridgehead atoms. The highest BCUT2D eigenvalue weighted by molar-refractivity contribution is 7.92. The molecule has 0 aliphatic heterocycles. The molecule has 0 unspecified atom stereocenters. The molecule has 0 atom stereocenters. The second-order valence-corrected chi connectivity index (χ2v) is 9.59. The highest BCUT2D eigenvalue weighted by Crippen LogP contribution is 2.28. The van der Waals surface area contributed by atoms with E-state index in [9.17, 15) is 8.42 Å². The number of rotatable bonds is 9. The van der Waals surface area contributed by atoms with E-state index in [0.717, 1.165) is 32.1 Å². The molecule has 1 saturated carbocycles. The average Bonchev–Trinajstić information content (AvgIpc) is 3.23.